The molecule has 1 aromatic carbocycles. The van der Waals surface area contributed by atoms with E-state index in [9.17, 15) is 0 Å². The van der Waals surface area contributed by atoms with Gasteiger partial charge in [-0.25, -0.2) is 9.97 Å². The number of aromatic nitrogens is 2. The van der Waals surface area contributed by atoms with Crippen LogP contribution in [-0.2, 0) is 6.42 Å². The van der Waals surface area contributed by atoms with Crippen LogP contribution in [0.2, 0.25) is 0 Å². The van der Waals surface area contributed by atoms with E-state index < -0.39 is 0 Å². The van der Waals surface area contributed by atoms with Gasteiger partial charge in [-0.2, -0.15) is 0 Å². The summed E-state index contributed by atoms with van der Waals surface area (Å²) in [6.45, 7) is 5.15. The van der Waals surface area contributed by atoms with Gasteiger partial charge in [0.2, 0.25) is 0 Å². The third-order valence-corrected chi connectivity index (χ3v) is 6.54. The van der Waals surface area contributed by atoms with Gasteiger partial charge >= 0.3 is 0 Å². The van der Waals surface area contributed by atoms with Crippen LogP contribution in [0.4, 0.5) is 5.82 Å². The number of piperazine rings is 1. The van der Waals surface area contributed by atoms with E-state index in [0.717, 1.165) is 50.5 Å². The number of thiophene rings is 1. The predicted octanol–water partition coefficient (Wildman–Crippen LogP) is 3.89. The number of rotatable bonds is 6. The van der Waals surface area contributed by atoms with Crippen LogP contribution in [0, 0.1) is 0 Å². The number of methoxy groups -OCH3 is 1. The van der Waals surface area contributed by atoms with Gasteiger partial charge in [-0.05, 0) is 48.6 Å². The van der Waals surface area contributed by atoms with Gasteiger partial charge in [0.25, 0.3) is 0 Å². The summed E-state index contributed by atoms with van der Waals surface area (Å²) >= 11 is 1.85. The van der Waals surface area contributed by atoms with Crippen molar-refractivity contribution in [2.75, 3.05) is 31.6 Å². The molecule has 6 heteroatoms. The number of fused-ring (bicyclic) bond motifs is 1. The summed E-state index contributed by atoms with van der Waals surface area (Å²) < 4.78 is 6.90. The molecule has 4 rings (SSSR count). The van der Waals surface area contributed by atoms with Crippen LogP contribution in [0.3, 0.4) is 0 Å². The average molecular weight is 383 g/mol. The molecule has 1 unspecified atom stereocenters. The Kier molecular flexibility index (Phi) is 5.27. The molecule has 5 nitrogen and oxygen atoms in total. The standard InChI is InChI=1S/C21H26N4OS/c1-21(9-5-6-16-13-27-19-8-4-3-7-17(16)19)14-22-10-11-25(21)20-18(26-2)12-23-15-24-20/h3-4,7-8,12-13,15,22H,5-6,9-11,14H2,1-2H3. The summed E-state index contributed by atoms with van der Waals surface area (Å²) in [7, 11) is 1.68. The lowest BCUT2D eigenvalue weighted by molar-refractivity contribution is 0.316. The van der Waals surface area contributed by atoms with Gasteiger partial charge in [0, 0.05) is 24.3 Å². The van der Waals surface area contributed by atoms with Gasteiger partial charge in [0.1, 0.15) is 6.33 Å². The smallest absolute Gasteiger partial charge is 0.179 e. The van der Waals surface area contributed by atoms with Crippen molar-refractivity contribution in [3.8, 4) is 5.75 Å². The first-order valence-electron chi connectivity index (χ1n) is 9.49. The van der Waals surface area contributed by atoms with Crippen LogP contribution < -0.4 is 15.0 Å². The van der Waals surface area contributed by atoms with Gasteiger partial charge in [-0.15, -0.1) is 11.3 Å². The molecule has 1 atom stereocenters. The molecule has 0 amide bonds. The molecular weight excluding hydrogens is 356 g/mol. The second-order valence-electron chi connectivity index (χ2n) is 7.35. The Bertz CT molecular complexity index is 912. The van der Waals surface area contributed by atoms with Crippen LogP contribution in [0.1, 0.15) is 25.3 Å². The van der Waals surface area contributed by atoms with Crippen molar-refractivity contribution >= 4 is 27.2 Å². The third-order valence-electron chi connectivity index (χ3n) is 5.53. The Morgan fingerprint density at radius 1 is 1.33 bits per heavy atom. The van der Waals surface area contributed by atoms with Crippen molar-refractivity contribution in [2.45, 2.75) is 31.7 Å². The van der Waals surface area contributed by atoms with E-state index in [-0.39, 0.29) is 5.54 Å². The van der Waals surface area contributed by atoms with Crippen LogP contribution in [0.25, 0.3) is 10.1 Å². The molecule has 1 saturated heterocycles. The highest BCUT2D eigenvalue weighted by Gasteiger charge is 2.36. The number of benzene rings is 1. The fourth-order valence-corrected chi connectivity index (χ4v) is 5.04. The van der Waals surface area contributed by atoms with E-state index in [1.807, 2.05) is 11.3 Å². The molecule has 1 fully saturated rings. The Morgan fingerprint density at radius 2 is 2.22 bits per heavy atom. The largest absolute Gasteiger partial charge is 0.491 e. The number of hydrogen-bond donors (Lipinski definition) is 1. The SMILES string of the molecule is COc1cncnc1N1CCNCC1(C)CCCc1csc2ccccc12. The highest BCUT2D eigenvalue weighted by Crippen LogP contribution is 2.34. The molecule has 1 aliphatic rings. The molecule has 0 spiro atoms. The zero-order valence-corrected chi connectivity index (χ0v) is 16.8. The molecule has 3 aromatic rings. The van der Waals surface area contributed by atoms with Crippen molar-refractivity contribution in [1.82, 2.24) is 15.3 Å². The quantitative estimate of drug-likeness (QED) is 0.701. The second kappa shape index (κ2) is 7.82. The third kappa shape index (κ3) is 3.64. The van der Waals surface area contributed by atoms with Gasteiger partial charge in [-0.1, -0.05) is 18.2 Å². The fraction of sp³-hybridized carbons (Fsp3) is 0.429. The molecule has 1 aliphatic heterocycles. The summed E-state index contributed by atoms with van der Waals surface area (Å²) in [4.78, 5) is 11.0. The number of hydrogen-bond acceptors (Lipinski definition) is 6. The Balaban J connectivity index is 1.50. The summed E-state index contributed by atoms with van der Waals surface area (Å²) in [6.07, 6.45) is 6.70. The Morgan fingerprint density at radius 3 is 3.11 bits per heavy atom. The number of aryl methyl sites for hydroxylation is 1. The van der Waals surface area contributed by atoms with Crippen LogP contribution in [0.15, 0.2) is 42.2 Å². The molecule has 3 heterocycles. The van der Waals surface area contributed by atoms with Crippen molar-refractivity contribution in [3.05, 3.63) is 47.7 Å². The number of ether oxygens (including phenoxy) is 1. The normalized spacial score (nSPS) is 20.1. The molecule has 0 aliphatic carbocycles. The topological polar surface area (TPSA) is 50.3 Å². The van der Waals surface area contributed by atoms with E-state index in [4.69, 9.17) is 4.74 Å². The van der Waals surface area contributed by atoms with Gasteiger partial charge in [0.15, 0.2) is 11.6 Å². The maximum Gasteiger partial charge on any atom is 0.179 e. The van der Waals surface area contributed by atoms with E-state index in [1.165, 1.54) is 15.6 Å². The van der Waals surface area contributed by atoms with E-state index in [2.05, 4.69) is 56.8 Å². The summed E-state index contributed by atoms with van der Waals surface area (Å²) in [5.41, 5.74) is 1.47. The first-order valence-corrected chi connectivity index (χ1v) is 10.4. The highest BCUT2D eigenvalue weighted by atomic mass is 32.1. The van der Waals surface area contributed by atoms with Gasteiger partial charge in [0.05, 0.1) is 18.8 Å². The van der Waals surface area contributed by atoms with E-state index in [0.29, 0.717) is 0 Å². The molecule has 27 heavy (non-hydrogen) atoms. The fourth-order valence-electron chi connectivity index (χ4n) is 4.04. The van der Waals surface area contributed by atoms with Crippen molar-refractivity contribution in [1.29, 1.82) is 0 Å². The van der Waals surface area contributed by atoms with Crippen molar-refractivity contribution < 1.29 is 4.74 Å². The van der Waals surface area contributed by atoms with E-state index in [1.54, 1.807) is 19.6 Å². The number of nitrogens with one attached hydrogen (secondary N) is 1. The minimum atomic E-state index is 0.00566. The predicted molar refractivity (Wildman–Crippen MR) is 112 cm³/mol. The first kappa shape index (κ1) is 18.2. The minimum Gasteiger partial charge on any atom is -0.491 e. The zero-order chi connectivity index (χ0) is 18.7. The molecule has 1 N–H and O–H groups in total. The molecule has 0 saturated carbocycles. The first-order chi connectivity index (χ1) is 13.2. The van der Waals surface area contributed by atoms with Crippen molar-refractivity contribution in [3.63, 3.8) is 0 Å². The maximum absolute atomic E-state index is 5.52. The lowest BCUT2D eigenvalue weighted by Crippen LogP contribution is -2.60. The summed E-state index contributed by atoms with van der Waals surface area (Å²) in [5, 5.41) is 7.29. The molecular formula is C21H26N4OS. The monoisotopic (exact) mass is 382 g/mol. The summed E-state index contributed by atoms with van der Waals surface area (Å²) in [5.74, 6) is 1.65. The van der Waals surface area contributed by atoms with Crippen molar-refractivity contribution in [2.24, 2.45) is 0 Å². The Labute approximate surface area is 164 Å². The molecule has 0 radical (unpaired) electrons. The number of anilines is 1. The van der Waals surface area contributed by atoms with Gasteiger partial charge < -0.3 is 15.0 Å². The lowest BCUT2D eigenvalue weighted by Gasteiger charge is -2.46. The van der Waals surface area contributed by atoms with Crippen LogP contribution in [-0.4, -0.2) is 42.3 Å². The lowest BCUT2D eigenvalue weighted by atomic mass is 9.89. The van der Waals surface area contributed by atoms with Crippen LogP contribution >= 0.6 is 11.3 Å². The Hall–Kier alpha value is -2.18. The number of nitrogens with zero attached hydrogens (tertiary/aromatic N) is 3. The highest BCUT2D eigenvalue weighted by molar-refractivity contribution is 7.17. The van der Waals surface area contributed by atoms with Crippen LogP contribution in [0.5, 0.6) is 5.75 Å². The molecule has 2 aromatic heterocycles. The summed E-state index contributed by atoms with van der Waals surface area (Å²) in [6, 6.07) is 8.69. The molecule has 142 valence electrons. The average Bonchev–Trinajstić information content (AvgIpc) is 3.11. The van der Waals surface area contributed by atoms with Gasteiger partial charge in [-0.3, -0.25) is 0 Å². The molecule has 0 bridgehead atoms. The van der Waals surface area contributed by atoms with E-state index >= 15 is 0 Å². The maximum atomic E-state index is 5.52. The second-order valence-corrected chi connectivity index (χ2v) is 8.26. The minimum absolute atomic E-state index is 0.00566. The zero-order valence-electron chi connectivity index (χ0n) is 15.9.